The molecule has 0 radical (unpaired) electrons. The first-order chi connectivity index (χ1) is 8.47. The van der Waals surface area contributed by atoms with Gasteiger partial charge in [-0.15, -0.1) is 0 Å². The molecule has 0 unspecified atom stereocenters. The van der Waals surface area contributed by atoms with E-state index in [1.54, 1.807) is 0 Å². The van der Waals surface area contributed by atoms with Gasteiger partial charge in [-0.25, -0.2) is 0 Å². The Morgan fingerprint density at radius 1 is 1.39 bits per heavy atom. The number of aromatic hydroxyl groups is 1. The molecule has 1 rings (SSSR count). The molecule has 0 fully saturated rings. The smallest absolute Gasteiger partial charge is 0.323 e. The van der Waals surface area contributed by atoms with Crippen molar-refractivity contribution >= 4 is 5.97 Å². The Hall–Kier alpha value is -1.82. The van der Waals surface area contributed by atoms with E-state index in [4.69, 9.17) is 5.11 Å². The summed E-state index contributed by atoms with van der Waals surface area (Å²) in [6, 6.07) is 1.29. The fourth-order valence-corrected chi connectivity index (χ4v) is 1.71. The number of rotatable bonds is 6. The molecule has 1 aromatic rings. The van der Waals surface area contributed by atoms with Gasteiger partial charge in [-0.1, -0.05) is 13.8 Å². The van der Waals surface area contributed by atoms with Crippen LogP contribution in [0.25, 0.3) is 0 Å². The SMILES string of the molecule is CCN(CC)Cc1cc(=O)c(O)cn1CC(=O)O. The number of pyridine rings is 1. The summed E-state index contributed by atoms with van der Waals surface area (Å²) in [5, 5.41) is 18.2. The summed E-state index contributed by atoms with van der Waals surface area (Å²) >= 11 is 0. The highest BCUT2D eigenvalue weighted by molar-refractivity contribution is 5.66. The van der Waals surface area contributed by atoms with Crippen LogP contribution in [0, 0.1) is 0 Å². The molecule has 1 heterocycles. The maximum absolute atomic E-state index is 11.4. The maximum Gasteiger partial charge on any atom is 0.323 e. The van der Waals surface area contributed by atoms with Gasteiger partial charge < -0.3 is 14.8 Å². The Balaban J connectivity index is 3.10. The van der Waals surface area contributed by atoms with Gasteiger partial charge in [0.2, 0.25) is 5.43 Å². The van der Waals surface area contributed by atoms with Crippen molar-refractivity contribution in [3.8, 4) is 5.75 Å². The van der Waals surface area contributed by atoms with Gasteiger partial charge >= 0.3 is 5.97 Å². The van der Waals surface area contributed by atoms with E-state index in [-0.39, 0.29) is 6.54 Å². The normalized spacial score (nSPS) is 10.8. The number of aliphatic carboxylic acids is 1. The predicted molar refractivity (Wildman–Crippen MR) is 66.6 cm³/mol. The molecule has 0 atom stereocenters. The van der Waals surface area contributed by atoms with Gasteiger partial charge in [0.15, 0.2) is 5.75 Å². The van der Waals surface area contributed by atoms with Crippen molar-refractivity contribution in [2.24, 2.45) is 0 Å². The molecule has 0 aliphatic carbocycles. The third kappa shape index (κ3) is 3.59. The first kappa shape index (κ1) is 14.2. The van der Waals surface area contributed by atoms with Crippen molar-refractivity contribution < 1.29 is 15.0 Å². The first-order valence-electron chi connectivity index (χ1n) is 5.84. The third-order valence-electron chi connectivity index (χ3n) is 2.78. The van der Waals surface area contributed by atoms with Crippen LogP contribution in [0.3, 0.4) is 0 Å². The van der Waals surface area contributed by atoms with Crippen molar-refractivity contribution in [1.29, 1.82) is 0 Å². The molecule has 6 heteroatoms. The van der Waals surface area contributed by atoms with Crippen LogP contribution in [0.1, 0.15) is 19.5 Å². The molecule has 0 aliphatic rings. The standard InChI is InChI=1S/C12H18N2O4/c1-3-13(4-2)6-9-5-10(15)11(16)7-14(9)8-12(17)18/h5,7,16H,3-4,6,8H2,1-2H3,(H,17,18). The monoisotopic (exact) mass is 254 g/mol. The minimum atomic E-state index is -1.01. The molecule has 0 saturated heterocycles. The lowest BCUT2D eigenvalue weighted by Gasteiger charge is -2.20. The van der Waals surface area contributed by atoms with Crippen molar-refractivity contribution in [3.63, 3.8) is 0 Å². The molecular weight excluding hydrogens is 236 g/mol. The zero-order valence-electron chi connectivity index (χ0n) is 10.6. The van der Waals surface area contributed by atoms with Crippen LogP contribution in [-0.4, -0.2) is 38.7 Å². The number of nitrogens with zero attached hydrogens (tertiary/aromatic N) is 2. The Morgan fingerprint density at radius 2 is 2.00 bits per heavy atom. The van der Waals surface area contributed by atoms with Crippen LogP contribution in [0.2, 0.25) is 0 Å². The van der Waals surface area contributed by atoms with Crippen molar-refractivity contribution in [2.45, 2.75) is 26.9 Å². The highest BCUT2D eigenvalue weighted by atomic mass is 16.4. The van der Waals surface area contributed by atoms with Gasteiger partial charge in [0, 0.05) is 18.3 Å². The van der Waals surface area contributed by atoms with Crippen molar-refractivity contribution in [1.82, 2.24) is 9.47 Å². The van der Waals surface area contributed by atoms with Crippen LogP contribution in [0.4, 0.5) is 0 Å². The van der Waals surface area contributed by atoms with Gasteiger partial charge in [0.1, 0.15) is 6.54 Å². The molecular formula is C12H18N2O4. The third-order valence-corrected chi connectivity index (χ3v) is 2.78. The summed E-state index contributed by atoms with van der Waals surface area (Å²) in [4.78, 5) is 24.2. The van der Waals surface area contributed by atoms with Crippen molar-refractivity contribution in [2.75, 3.05) is 13.1 Å². The summed E-state index contributed by atoms with van der Waals surface area (Å²) in [7, 11) is 0. The minimum absolute atomic E-state index is 0.273. The van der Waals surface area contributed by atoms with E-state index in [1.807, 2.05) is 13.8 Å². The Bertz CT molecular complexity index is 477. The summed E-state index contributed by atoms with van der Waals surface area (Å²) < 4.78 is 1.39. The van der Waals surface area contributed by atoms with Crippen LogP contribution >= 0.6 is 0 Å². The molecule has 0 spiro atoms. The molecule has 6 nitrogen and oxygen atoms in total. The molecule has 18 heavy (non-hydrogen) atoms. The van der Waals surface area contributed by atoms with E-state index >= 15 is 0 Å². The number of carboxylic acid groups (broad SMARTS) is 1. The summed E-state index contributed by atoms with van der Waals surface area (Å²) in [6.07, 6.45) is 1.18. The highest BCUT2D eigenvalue weighted by Crippen LogP contribution is 2.08. The quantitative estimate of drug-likeness (QED) is 0.771. The number of hydrogen-bond donors (Lipinski definition) is 2. The van der Waals surface area contributed by atoms with Gasteiger partial charge in [-0.2, -0.15) is 0 Å². The fraction of sp³-hybridized carbons (Fsp3) is 0.500. The lowest BCUT2D eigenvalue weighted by molar-refractivity contribution is -0.137. The second-order valence-corrected chi connectivity index (χ2v) is 4.00. The molecule has 2 N–H and O–H groups in total. The molecule has 100 valence electrons. The van der Waals surface area contributed by atoms with Crippen molar-refractivity contribution in [3.05, 3.63) is 28.2 Å². The van der Waals surface area contributed by atoms with Gasteiger partial charge in [0.05, 0.1) is 6.20 Å². The van der Waals surface area contributed by atoms with E-state index in [9.17, 15) is 14.7 Å². The molecule has 0 bridgehead atoms. The van der Waals surface area contributed by atoms with Crippen LogP contribution in [0.15, 0.2) is 17.1 Å². The van der Waals surface area contributed by atoms with Gasteiger partial charge in [-0.3, -0.25) is 14.5 Å². The highest BCUT2D eigenvalue weighted by Gasteiger charge is 2.11. The summed E-state index contributed by atoms with van der Waals surface area (Å²) in [5.41, 5.74) is 0.0997. The maximum atomic E-state index is 11.4. The Kier molecular flexibility index (Phi) is 4.91. The van der Waals surface area contributed by atoms with Crippen LogP contribution in [-0.2, 0) is 17.9 Å². The Labute approximate surface area is 105 Å². The summed E-state index contributed by atoms with van der Waals surface area (Å²) in [5.74, 6) is -1.45. The first-order valence-corrected chi connectivity index (χ1v) is 5.84. The van der Waals surface area contributed by atoms with Crippen LogP contribution < -0.4 is 5.43 Å². The van der Waals surface area contributed by atoms with Gasteiger partial charge in [-0.05, 0) is 13.1 Å². The zero-order chi connectivity index (χ0) is 13.7. The topological polar surface area (TPSA) is 82.8 Å². The number of hydrogen-bond acceptors (Lipinski definition) is 4. The molecule has 0 saturated carbocycles. The second-order valence-electron chi connectivity index (χ2n) is 4.00. The molecule has 0 aliphatic heterocycles. The average molecular weight is 254 g/mol. The van der Waals surface area contributed by atoms with E-state index in [2.05, 4.69) is 4.90 Å². The van der Waals surface area contributed by atoms with E-state index in [0.717, 1.165) is 13.1 Å². The van der Waals surface area contributed by atoms with E-state index < -0.39 is 17.1 Å². The minimum Gasteiger partial charge on any atom is -0.503 e. The van der Waals surface area contributed by atoms with E-state index in [1.165, 1.54) is 16.8 Å². The average Bonchev–Trinajstić information content (AvgIpc) is 2.31. The Morgan fingerprint density at radius 3 is 2.50 bits per heavy atom. The predicted octanol–water partition coefficient (Wildman–Crippen LogP) is 0.480. The molecule has 1 aromatic heterocycles. The van der Waals surface area contributed by atoms with E-state index in [0.29, 0.717) is 12.2 Å². The molecule has 0 amide bonds. The fourth-order valence-electron chi connectivity index (χ4n) is 1.71. The second kappa shape index (κ2) is 6.20. The van der Waals surface area contributed by atoms with Gasteiger partial charge in [0.25, 0.3) is 0 Å². The van der Waals surface area contributed by atoms with Crippen LogP contribution in [0.5, 0.6) is 5.75 Å². The lowest BCUT2D eigenvalue weighted by Crippen LogP contribution is -2.26. The summed E-state index contributed by atoms with van der Waals surface area (Å²) in [6.45, 7) is 5.80. The largest absolute Gasteiger partial charge is 0.503 e. The number of carbonyl (C=O) groups is 1. The zero-order valence-corrected chi connectivity index (χ0v) is 10.6. The number of carboxylic acids is 1. The lowest BCUT2D eigenvalue weighted by atomic mass is 10.3. The molecule has 0 aromatic carbocycles. The number of aromatic nitrogens is 1.